The molecular formula is C14H20ClF3N2. The van der Waals surface area contributed by atoms with Crippen LogP contribution in [0.1, 0.15) is 24.5 Å². The predicted octanol–water partition coefficient (Wildman–Crippen LogP) is 3.30. The van der Waals surface area contributed by atoms with Crippen LogP contribution >= 0.6 is 12.4 Å². The number of nitrogens with zero attached hydrogens (tertiary/aromatic N) is 1. The van der Waals surface area contributed by atoms with Crippen molar-refractivity contribution in [3.05, 3.63) is 35.4 Å². The minimum Gasteiger partial charge on any atom is -0.330 e. The van der Waals surface area contributed by atoms with Crippen molar-refractivity contribution < 1.29 is 13.2 Å². The lowest BCUT2D eigenvalue weighted by Crippen LogP contribution is -2.27. The predicted molar refractivity (Wildman–Crippen MR) is 75.7 cm³/mol. The molecular weight excluding hydrogens is 289 g/mol. The average Bonchev–Trinajstić information content (AvgIpc) is 2.70. The molecule has 1 aliphatic heterocycles. The topological polar surface area (TPSA) is 29.3 Å². The lowest BCUT2D eigenvalue weighted by molar-refractivity contribution is -0.137. The maximum Gasteiger partial charge on any atom is 0.416 e. The molecule has 20 heavy (non-hydrogen) atoms. The van der Waals surface area contributed by atoms with Gasteiger partial charge in [0.05, 0.1) is 5.56 Å². The van der Waals surface area contributed by atoms with Gasteiger partial charge in [-0.2, -0.15) is 13.2 Å². The van der Waals surface area contributed by atoms with Crippen molar-refractivity contribution in [3.8, 4) is 0 Å². The quantitative estimate of drug-likeness (QED) is 0.928. The van der Waals surface area contributed by atoms with Crippen LogP contribution in [0.2, 0.25) is 0 Å². The van der Waals surface area contributed by atoms with Gasteiger partial charge in [-0.3, -0.25) is 4.90 Å². The Morgan fingerprint density at radius 2 is 1.85 bits per heavy atom. The van der Waals surface area contributed by atoms with E-state index in [1.54, 1.807) is 12.1 Å². The van der Waals surface area contributed by atoms with Crippen LogP contribution < -0.4 is 5.73 Å². The Labute approximate surface area is 123 Å². The van der Waals surface area contributed by atoms with Crippen molar-refractivity contribution in [2.24, 2.45) is 11.7 Å². The molecule has 1 aromatic rings. The monoisotopic (exact) mass is 308 g/mol. The molecule has 0 bridgehead atoms. The van der Waals surface area contributed by atoms with E-state index in [1.807, 2.05) is 0 Å². The first-order valence-corrected chi connectivity index (χ1v) is 6.50. The summed E-state index contributed by atoms with van der Waals surface area (Å²) in [6.45, 7) is 4.43. The summed E-state index contributed by atoms with van der Waals surface area (Å²) in [5, 5.41) is 0. The second-order valence-electron chi connectivity index (χ2n) is 5.31. The Morgan fingerprint density at radius 1 is 1.25 bits per heavy atom. The van der Waals surface area contributed by atoms with Gasteiger partial charge in [-0.1, -0.05) is 12.1 Å². The van der Waals surface area contributed by atoms with Crippen LogP contribution in [0.25, 0.3) is 0 Å². The van der Waals surface area contributed by atoms with Gasteiger partial charge >= 0.3 is 6.18 Å². The Morgan fingerprint density at radius 3 is 2.30 bits per heavy atom. The van der Waals surface area contributed by atoms with Crippen LogP contribution in [0.15, 0.2) is 24.3 Å². The van der Waals surface area contributed by atoms with Crippen LogP contribution in [-0.2, 0) is 12.7 Å². The first kappa shape index (κ1) is 17.3. The summed E-state index contributed by atoms with van der Waals surface area (Å²) < 4.78 is 37.4. The molecule has 1 aliphatic rings. The number of hydrogen-bond acceptors (Lipinski definition) is 2. The molecule has 0 saturated carbocycles. The number of likely N-dealkylation sites (tertiary alicyclic amines) is 1. The maximum absolute atomic E-state index is 12.5. The molecule has 0 radical (unpaired) electrons. The number of rotatable bonds is 3. The van der Waals surface area contributed by atoms with Gasteiger partial charge in [-0.25, -0.2) is 0 Å². The van der Waals surface area contributed by atoms with Crippen LogP contribution in [-0.4, -0.2) is 24.0 Å². The Bertz CT molecular complexity index is 419. The number of halogens is 4. The van der Waals surface area contributed by atoms with E-state index in [1.165, 1.54) is 0 Å². The van der Waals surface area contributed by atoms with Gasteiger partial charge in [0.2, 0.25) is 0 Å². The fourth-order valence-corrected chi connectivity index (χ4v) is 2.64. The van der Waals surface area contributed by atoms with E-state index >= 15 is 0 Å². The summed E-state index contributed by atoms with van der Waals surface area (Å²) >= 11 is 0. The van der Waals surface area contributed by atoms with E-state index in [2.05, 4.69) is 11.8 Å². The molecule has 6 heteroatoms. The zero-order chi connectivity index (χ0) is 14.0. The molecule has 1 fully saturated rings. The van der Waals surface area contributed by atoms with Crippen molar-refractivity contribution in [1.29, 1.82) is 0 Å². The third kappa shape index (κ3) is 4.11. The van der Waals surface area contributed by atoms with E-state index in [9.17, 15) is 13.2 Å². The average molecular weight is 309 g/mol. The van der Waals surface area contributed by atoms with E-state index in [0.29, 0.717) is 25.0 Å². The normalized spacial score (nSPS) is 23.6. The standard InChI is InChI=1S/C14H19F3N2.ClH/c1-10-6-12(7-18)9-19(10)8-11-2-4-13(5-3-11)14(15,16)17;/h2-5,10,12H,6-9,18H2,1H3;1H. The summed E-state index contributed by atoms with van der Waals surface area (Å²) in [6.07, 6.45) is -3.19. The third-order valence-electron chi connectivity index (χ3n) is 3.79. The van der Waals surface area contributed by atoms with Crippen LogP contribution in [0.4, 0.5) is 13.2 Å². The largest absolute Gasteiger partial charge is 0.416 e. The zero-order valence-electron chi connectivity index (χ0n) is 11.4. The SMILES string of the molecule is CC1CC(CN)CN1Cc1ccc(C(F)(F)F)cc1.Cl. The molecule has 0 amide bonds. The first-order valence-electron chi connectivity index (χ1n) is 6.50. The lowest BCUT2D eigenvalue weighted by Gasteiger charge is -2.21. The van der Waals surface area contributed by atoms with Gasteiger partial charge in [0.15, 0.2) is 0 Å². The molecule has 0 aromatic heterocycles. The fourth-order valence-electron chi connectivity index (χ4n) is 2.64. The Balaban J connectivity index is 0.00000200. The molecule has 2 N–H and O–H groups in total. The van der Waals surface area contributed by atoms with Crippen LogP contribution in [0.5, 0.6) is 0 Å². The van der Waals surface area contributed by atoms with Crippen molar-refractivity contribution in [3.63, 3.8) is 0 Å². The van der Waals surface area contributed by atoms with Gasteiger partial charge in [0, 0.05) is 19.1 Å². The number of nitrogens with two attached hydrogens (primary N) is 1. The number of hydrogen-bond donors (Lipinski definition) is 1. The second-order valence-corrected chi connectivity index (χ2v) is 5.31. The van der Waals surface area contributed by atoms with Crippen LogP contribution in [0.3, 0.4) is 0 Å². The summed E-state index contributed by atoms with van der Waals surface area (Å²) in [5.74, 6) is 0.504. The van der Waals surface area contributed by atoms with Crippen molar-refractivity contribution in [1.82, 2.24) is 4.90 Å². The first-order chi connectivity index (χ1) is 8.90. The molecule has 0 aliphatic carbocycles. The molecule has 2 rings (SSSR count). The highest BCUT2D eigenvalue weighted by atomic mass is 35.5. The minimum atomic E-state index is -4.26. The molecule has 1 saturated heterocycles. The number of benzene rings is 1. The summed E-state index contributed by atoms with van der Waals surface area (Å²) in [5.41, 5.74) is 5.99. The fraction of sp³-hybridized carbons (Fsp3) is 0.571. The highest BCUT2D eigenvalue weighted by molar-refractivity contribution is 5.85. The molecule has 2 nitrogen and oxygen atoms in total. The number of alkyl halides is 3. The molecule has 1 heterocycles. The lowest BCUT2D eigenvalue weighted by atomic mass is 10.1. The van der Waals surface area contributed by atoms with Gasteiger partial charge in [0.25, 0.3) is 0 Å². The van der Waals surface area contributed by atoms with Gasteiger partial charge < -0.3 is 5.73 Å². The Hall–Kier alpha value is -0.780. The summed E-state index contributed by atoms with van der Waals surface area (Å²) in [4.78, 5) is 2.28. The third-order valence-corrected chi connectivity index (χ3v) is 3.79. The van der Waals surface area contributed by atoms with Gasteiger partial charge in [-0.05, 0) is 43.5 Å². The Kier molecular flexibility index (Phi) is 5.86. The molecule has 0 spiro atoms. The van der Waals surface area contributed by atoms with E-state index < -0.39 is 11.7 Å². The molecule has 114 valence electrons. The highest BCUT2D eigenvalue weighted by Crippen LogP contribution is 2.30. The van der Waals surface area contributed by atoms with Crippen LogP contribution in [0, 0.1) is 5.92 Å². The van der Waals surface area contributed by atoms with Crippen molar-refractivity contribution >= 4 is 12.4 Å². The summed E-state index contributed by atoms with van der Waals surface area (Å²) in [7, 11) is 0. The summed E-state index contributed by atoms with van der Waals surface area (Å²) in [6, 6.07) is 5.86. The molecule has 2 unspecified atom stereocenters. The van der Waals surface area contributed by atoms with E-state index in [0.717, 1.165) is 30.7 Å². The van der Waals surface area contributed by atoms with E-state index in [4.69, 9.17) is 5.73 Å². The van der Waals surface area contributed by atoms with Crippen molar-refractivity contribution in [2.75, 3.05) is 13.1 Å². The van der Waals surface area contributed by atoms with Gasteiger partial charge in [0.1, 0.15) is 0 Å². The van der Waals surface area contributed by atoms with E-state index in [-0.39, 0.29) is 12.4 Å². The van der Waals surface area contributed by atoms with Gasteiger partial charge in [-0.15, -0.1) is 12.4 Å². The van der Waals surface area contributed by atoms with Crippen molar-refractivity contribution in [2.45, 2.75) is 32.1 Å². The zero-order valence-corrected chi connectivity index (χ0v) is 12.2. The highest BCUT2D eigenvalue weighted by Gasteiger charge is 2.31. The maximum atomic E-state index is 12.5. The molecule has 1 aromatic carbocycles. The minimum absolute atomic E-state index is 0. The second kappa shape index (κ2) is 6.78. The smallest absolute Gasteiger partial charge is 0.330 e. The molecule has 2 atom stereocenters.